The number of ether oxygens (including phenoxy) is 2. The minimum Gasteiger partial charge on any atom is -0.493 e. The standard InChI is InChI=1S/C14H16BrNO2S/c1-17-13-8-10(4-6-16)2-3-12(13)18-9-14-11(15)5-7-19-14/h2-3,5,7-8H,4,6,9,16H2,1H3. The zero-order valence-electron chi connectivity index (χ0n) is 10.7. The molecule has 5 heteroatoms. The molecule has 0 aliphatic heterocycles. The van der Waals surface area contributed by atoms with Crippen LogP contribution >= 0.6 is 27.3 Å². The van der Waals surface area contributed by atoms with Crippen molar-refractivity contribution in [3.05, 3.63) is 44.6 Å². The topological polar surface area (TPSA) is 44.5 Å². The molecule has 102 valence electrons. The Balaban J connectivity index is 2.09. The van der Waals surface area contributed by atoms with Crippen molar-refractivity contribution in [1.29, 1.82) is 0 Å². The fourth-order valence-corrected chi connectivity index (χ4v) is 3.10. The van der Waals surface area contributed by atoms with E-state index in [0.29, 0.717) is 13.2 Å². The number of hydrogen-bond donors (Lipinski definition) is 1. The predicted octanol–water partition coefficient (Wildman–Crippen LogP) is 3.60. The lowest BCUT2D eigenvalue weighted by Gasteiger charge is -2.11. The lowest BCUT2D eigenvalue weighted by Crippen LogP contribution is -2.03. The number of hydrogen-bond acceptors (Lipinski definition) is 4. The third-order valence-corrected chi connectivity index (χ3v) is 4.61. The van der Waals surface area contributed by atoms with Gasteiger partial charge in [-0.25, -0.2) is 0 Å². The van der Waals surface area contributed by atoms with Gasteiger partial charge in [-0.3, -0.25) is 0 Å². The van der Waals surface area contributed by atoms with E-state index in [1.54, 1.807) is 18.4 Å². The molecule has 2 aromatic rings. The van der Waals surface area contributed by atoms with E-state index in [9.17, 15) is 0 Å². The number of nitrogens with two attached hydrogens (primary N) is 1. The third kappa shape index (κ3) is 3.72. The lowest BCUT2D eigenvalue weighted by atomic mass is 10.1. The molecule has 0 aliphatic carbocycles. The summed E-state index contributed by atoms with van der Waals surface area (Å²) in [6, 6.07) is 7.95. The van der Waals surface area contributed by atoms with Crippen LogP contribution in [-0.4, -0.2) is 13.7 Å². The second kappa shape index (κ2) is 6.93. The van der Waals surface area contributed by atoms with Crippen molar-refractivity contribution in [3.63, 3.8) is 0 Å². The lowest BCUT2D eigenvalue weighted by molar-refractivity contribution is 0.286. The van der Waals surface area contributed by atoms with Crippen molar-refractivity contribution in [2.24, 2.45) is 5.73 Å². The molecule has 0 saturated heterocycles. The Hall–Kier alpha value is -1.04. The Labute approximate surface area is 125 Å². The van der Waals surface area contributed by atoms with E-state index in [1.165, 1.54) is 0 Å². The predicted molar refractivity (Wildman–Crippen MR) is 82.1 cm³/mol. The molecule has 2 N–H and O–H groups in total. The molecule has 0 fully saturated rings. The Morgan fingerprint density at radius 3 is 2.74 bits per heavy atom. The van der Waals surface area contributed by atoms with Gasteiger partial charge in [-0.2, -0.15) is 0 Å². The zero-order chi connectivity index (χ0) is 13.7. The highest BCUT2D eigenvalue weighted by Crippen LogP contribution is 2.30. The number of halogens is 1. The number of rotatable bonds is 6. The van der Waals surface area contributed by atoms with Crippen LogP contribution < -0.4 is 15.2 Å². The Bertz CT molecular complexity index is 542. The Morgan fingerprint density at radius 2 is 2.11 bits per heavy atom. The first-order valence-electron chi connectivity index (χ1n) is 5.96. The zero-order valence-corrected chi connectivity index (χ0v) is 13.1. The average molecular weight is 342 g/mol. The summed E-state index contributed by atoms with van der Waals surface area (Å²) in [5.41, 5.74) is 6.71. The molecule has 0 amide bonds. The molecule has 0 radical (unpaired) electrons. The molecule has 1 aromatic carbocycles. The number of methoxy groups -OCH3 is 1. The largest absolute Gasteiger partial charge is 0.493 e. The fraction of sp³-hybridized carbons (Fsp3) is 0.286. The Morgan fingerprint density at radius 1 is 1.26 bits per heavy atom. The van der Waals surface area contributed by atoms with Crippen molar-refractivity contribution in [3.8, 4) is 11.5 Å². The van der Waals surface area contributed by atoms with Crippen LogP contribution in [0.4, 0.5) is 0 Å². The van der Waals surface area contributed by atoms with E-state index in [2.05, 4.69) is 15.9 Å². The molecule has 1 heterocycles. The molecule has 0 unspecified atom stereocenters. The SMILES string of the molecule is COc1cc(CCN)ccc1OCc1sccc1Br. The van der Waals surface area contributed by atoms with Gasteiger partial charge in [0.2, 0.25) is 0 Å². The molecule has 0 aliphatic rings. The number of thiophene rings is 1. The number of benzene rings is 1. The van der Waals surface area contributed by atoms with E-state index in [4.69, 9.17) is 15.2 Å². The van der Waals surface area contributed by atoms with Gasteiger partial charge < -0.3 is 15.2 Å². The second-order valence-electron chi connectivity index (χ2n) is 4.00. The maximum Gasteiger partial charge on any atom is 0.161 e. The summed E-state index contributed by atoms with van der Waals surface area (Å²) in [6.07, 6.45) is 0.840. The second-order valence-corrected chi connectivity index (χ2v) is 5.86. The first-order chi connectivity index (χ1) is 9.24. The van der Waals surface area contributed by atoms with Crippen LogP contribution in [0.1, 0.15) is 10.4 Å². The van der Waals surface area contributed by atoms with Crippen LogP contribution in [0.15, 0.2) is 34.1 Å². The third-order valence-electron chi connectivity index (χ3n) is 2.71. The van der Waals surface area contributed by atoms with Crippen molar-refractivity contribution < 1.29 is 9.47 Å². The quantitative estimate of drug-likeness (QED) is 0.872. The van der Waals surface area contributed by atoms with Gasteiger partial charge in [0, 0.05) is 4.47 Å². The van der Waals surface area contributed by atoms with Gasteiger partial charge in [0.25, 0.3) is 0 Å². The summed E-state index contributed by atoms with van der Waals surface area (Å²) in [4.78, 5) is 1.16. The molecular formula is C14H16BrNO2S. The van der Waals surface area contributed by atoms with E-state index in [1.807, 2.05) is 29.6 Å². The molecule has 19 heavy (non-hydrogen) atoms. The van der Waals surface area contributed by atoms with Crippen molar-refractivity contribution in [2.75, 3.05) is 13.7 Å². The van der Waals surface area contributed by atoms with Gasteiger partial charge in [-0.15, -0.1) is 11.3 Å². The van der Waals surface area contributed by atoms with Gasteiger partial charge in [-0.05, 0) is 58.0 Å². The van der Waals surface area contributed by atoms with Crippen LogP contribution in [0.25, 0.3) is 0 Å². The van der Waals surface area contributed by atoms with E-state index >= 15 is 0 Å². The summed E-state index contributed by atoms with van der Waals surface area (Å²) >= 11 is 5.16. The molecule has 0 spiro atoms. The average Bonchev–Trinajstić information content (AvgIpc) is 2.83. The van der Waals surface area contributed by atoms with E-state index in [-0.39, 0.29) is 0 Å². The first-order valence-corrected chi connectivity index (χ1v) is 7.63. The van der Waals surface area contributed by atoms with Crippen LogP contribution in [0.5, 0.6) is 11.5 Å². The van der Waals surface area contributed by atoms with Gasteiger partial charge in [-0.1, -0.05) is 6.07 Å². The van der Waals surface area contributed by atoms with E-state index < -0.39 is 0 Å². The highest BCUT2D eigenvalue weighted by Gasteiger charge is 2.08. The highest BCUT2D eigenvalue weighted by atomic mass is 79.9. The van der Waals surface area contributed by atoms with Crippen LogP contribution in [0.2, 0.25) is 0 Å². The molecular weight excluding hydrogens is 326 g/mol. The molecule has 2 rings (SSSR count). The Kier molecular flexibility index (Phi) is 5.24. The van der Waals surface area contributed by atoms with Gasteiger partial charge >= 0.3 is 0 Å². The normalized spacial score (nSPS) is 10.5. The molecule has 0 saturated carbocycles. The summed E-state index contributed by atoms with van der Waals surface area (Å²) < 4.78 is 12.2. The van der Waals surface area contributed by atoms with Crippen LogP contribution in [0, 0.1) is 0 Å². The molecule has 0 atom stereocenters. The maximum atomic E-state index is 5.81. The fourth-order valence-electron chi connectivity index (χ4n) is 1.72. The van der Waals surface area contributed by atoms with Crippen molar-refractivity contribution in [1.82, 2.24) is 0 Å². The van der Waals surface area contributed by atoms with E-state index in [0.717, 1.165) is 32.8 Å². The first kappa shape index (κ1) is 14.4. The van der Waals surface area contributed by atoms with Crippen LogP contribution in [-0.2, 0) is 13.0 Å². The van der Waals surface area contributed by atoms with Crippen molar-refractivity contribution in [2.45, 2.75) is 13.0 Å². The van der Waals surface area contributed by atoms with Gasteiger partial charge in [0.1, 0.15) is 6.61 Å². The molecule has 3 nitrogen and oxygen atoms in total. The minimum atomic E-state index is 0.533. The minimum absolute atomic E-state index is 0.533. The van der Waals surface area contributed by atoms with Crippen LogP contribution in [0.3, 0.4) is 0 Å². The summed E-state index contributed by atoms with van der Waals surface area (Å²) in [5, 5.41) is 2.03. The highest BCUT2D eigenvalue weighted by molar-refractivity contribution is 9.10. The summed E-state index contributed by atoms with van der Waals surface area (Å²) in [6.45, 7) is 1.16. The maximum absolute atomic E-state index is 5.81. The van der Waals surface area contributed by atoms with Crippen molar-refractivity contribution >= 4 is 27.3 Å². The monoisotopic (exact) mass is 341 g/mol. The summed E-state index contributed by atoms with van der Waals surface area (Å²) in [5.74, 6) is 1.50. The summed E-state index contributed by atoms with van der Waals surface area (Å²) in [7, 11) is 1.65. The molecule has 0 bridgehead atoms. The molecule has 1 aromatic heterocycles. The smallest absolute Gasteiger partial charge is 0.161 e. The van der Waals surface area contributed by atoms with Gasteiger partial charge in [0.15, 0.2) is 11.5 Å². The van der Waals surface area contributed by atoms with Gasteiger partial charge in [0.05, 0.1) is 12.0 Å².